The third kappa shape index (κ3) is 3.85. The minimum Gasteiger partial charge on any atom is -0.391 e. The molecule has 0 aliphatic heterocycles. The molecule has 0 bridgehead atoms. The van der Waals surface area contributed by atoms with E-state index in [9.17, 15) is 9.90 Å². The van der Waals surface area contributed by atoms with Crippen LogP contribution in [0.2, 0.25) is 0 Å². The number of rotatable bonds is 4. The molecule has 8 heteroatoms. The molecular formula is C19H26ClN5O2. The Kier molecular flexibility index (Phi) is 5.83. The number of hydrogen-bond donors (Lipinski definition) is 3. The van der Waals surface area contributed by atoms with E-state index in [1.165, 1.54) is 17.5 Å². The Labute approximate surface area is 164 Å². The summed E-state index contributed by atoms with van der Waals surface area (Å²) < 4.78 is 1.84. The molecule has 146 valence electrons. The van der Waals surface area contributed by atoms with E-state index in [0.29, 0.717) is 18.7 Å². The highest BCUT2D eigenvalue weighted by molar-refractivity contribution is 5.85. The van der Waals surface area contributed by atoms with E-state index in [2.05, 4.69) is 33.6 Å². The normalized spacial score (nSPS) is 23.7. The van der Waals surface area contributed by atoms with Crippen LogP contribution in [-0.2, 0) is 24.1 Å². The first-order valence-electron chi connectivity index (χ1n) is 9.27. The van der Waals surface area contributed by atoms with Crippen molar-refractivity contribution in [3.63, 3.8) is 0 Å². The quantitative estimate of drug-likeness (QED) is 0.721. The number of amides is 1. The van der Waals surface area contributed by atoms with Gasteiger partial charge in [-0.05, 0) is 55.4 Å². The number of aryl methyl sites for hydroxylation is 2. The SMILES string of the molecule is CNC(=O)Cc1nc([C@H]2C[C@H](N)[C@@H](O)C2)n(-c2ccc3c(c2)CCC3)n1.Cl. The van der Waals surface area contributed by atoms with Crippen molar-refractivity contribution >= 4 is 18.3 Å². The summed E-state index contributed by atoms with van der Waals surface area (Å²) in [7, 11) is 1.60. The van der Waals surface area contributed by atoms with Gasteiger partial charge in [0.05, 0.1) is 18.2 Å². The Hall–Kier alpha value is -1.96. The standard InChI is InChI=1S/C19H25N5O2.ClH/c1-21-18(26)10-17-22-19(13-8-15(20)16(25)9-13)24(23-17)14-6-5-11-3-2-4-12(11)7-14;/h5-7,13,15-16,25H,2-4,8-10,20H2,1H3,(H,21,26);1H/t13-,15-,16-;/m0./s1. The van der Waals surface area contributed by atoms with E-state index in [4.69, 9.17) is 5.73 Å². The fraction of sp³-hybridized carbons (Fsp3) is 0.526. The van der Waals surface area contributed by atoms with Crippen LogP contribution in [0.5, 0.6) is 0 Å². The van der Waals surface area contributed by atoms with Crippen LogP contribution in [0.1, 0.15) is 48.0 Å². The minimum atomic E-state index is -0.521. The second-order valence-corrected chi connectivity index (χ2v) is 7.35. The lowest BCUT2D eigenvalue weighted by Crippen LogP contribution is -2.28. The van der Waals surface area contributed by atoms with Gasteiger partial charge in [0.25, 0.3) is 0 Å². The van der Waals surface area contributed by atoms with Gasteiger partial charge in [0.15, 0.2) is 5.82 Å². The third-order valence-electron chi connectivity index (χ3n) is 5.54. The number of nitrogens with two attached hydrogens (primary N) is 1. The zero-order valence-electron chi connectivity index (χ0n) is 15.4. The number of fused-ring (bicyclic) bond motifs is 1. The second kappa shape index (κ2) is 7.96. The summed E-state index contributed by atoms with van der Waals surface area (Å²) in [5.41, 5.74) is 9.73. The molecule has 2 aliphatic carbocycles. The Morgan fingerprint density at radius 2 is 2.11 bits per heavy atom. The molecule has 2 aromatic rings. The average Bonchev–Trinajstić information content (AvgIpc) is 3.33. The van der Waals surface area contributed by atoms with Gasteiger partial charge in [-0.1, -0.05) is 6.07 Å². The molecule has 3 atom stereocenters. The van der Waals surface area contributed by atoms with Gasteiger partial charge in [0.2, 0.25) is 5.91 Å². The van der Waals surface area contributed by atoms with E-state index in [-0.39, 0.29) is 36.7 Å². The zero-order chi connectivity index (χ0) is 18.3. The molecule has 2 aliphatic rings. The van der Waals surface area contributed by atoms with Crippen molar-refractivity contribution in [2.75, 3.05) is 7.05 Å². The summed E-state index contributed by atoms with van der Waals surface area (Å²) in [6.07, 6.45) is 4.27. The highest BCUT2D eigenvalue weighted by atomic mass is 35.5. The van der Waals surface area contributed by atoms with E-state index in [1.807, 2.05) is 4.68 Å². The number of likely N-dealkylation sites (N-methyl/N-ethyl adjacent to an activating group) is 1. The molecule has 1 aromatic carbocycles. The maximum absolute atomic E-state index is 11.8. The summed E-state index contributed by atoms with van der Waals surface area (Å²) in [4.78, 5) is 16.4. The van der Waals surface area contributed by atoms with E-state index < -0.39 is 6.10 Å². The molecule has 0 saturated heterocycles. The van der Waals surface area contributed by atoms with Crippen LogP contribution in [-0.4, -0.2) is 45.0 Å². The predicted molar refractivity (Wildman–Crippen MR) is 104 cm³/mol. The van der Waals surface area contributed by atoms with Gasteiger partial charge in [-0.3, -0.25) is 4.79 Å². The molecule has 27 heavy (non-hydrogen) atoms. The van der Waals surface area contributed by atoms with Gasteiger partial charge in [-0.15, -0.1) is 12.4 Å². The first-order chi connectivity index (χ1) is 12.5. The molecule has 1 amide bonds. The molecule has 4 rings (SSSR count). The zero-order valence-corrected chi connectivity index (χ0v) is 16.2. The number of halogens is 1. The molecule has 4 N–H and O–H groups in total. The van der Waals surface area contributed by atoms with Gasteiger partial charge in [0.1, 0.15) is 5.82 Å². The highest BCUT2D eigenvalue weighted by Gasteiger charge is 2.35. The number of carbonyl (C=O) groups excluding carboxylic acids is 1. The van der Waals surface area contributed by atoms with Crippen LogP contribution < -0.4 is 11.1 Å². The largest absolute Gasteiger partial charge is 0.391 e. The summed E-state index contributed by atoms with van der Waals surface area (Å²) in [5, 5.41) is 17.3. The molecule has 0 unspecified atom stereocenters. The van der Waals surface area contributed by atoms with E-state index in [0.717, 1.165) is 24.4 Å². The molecule has 0 radical (unpaired) electrons. The lowest BCUT2D eigenvalue weighted by molar-refractivity contribution is -0.120. The van der Waals surface area contributed by atoms with Crippen molar-refractivity contribution in [1.82, 2.24) is 20.1 Å². The van der Waals surface area contributed by atoms with Crippen LogP contribution in [0.4, 0.5) is 0 Å². The molecule has 0 spiro atoms. The maximum atomic E-state index is 11.8. The molecule has 1 aromatic heterocycles. The maximum Gasteiger partial charge on any atom is 0.227 e. The number of aliphatic hydroxyl groups excluding tert-OH is 1. The molecular weight excluding hydrogens is 366 g/mol. The molecule has 7 nitrogen and oxygen atoms in total. The predicted octanol–water partition coefficient (Wildman–Crippen LogP) is 1.03. The molecule has 1 saturated carbocycles. The summed E-state index contributed by atoms with van der Waals surface area (Å²) in [6, 6.07) is 6.16. The number of aromatic nitrogens is 3. The number of hydrogen-bond acceptors (Lipinski definition) is 5. The van der Waals surface area contributed by atoms with Crippen LogP contribution in [0.25, 0.3) is 5.69 Å². The summed E-state index contributed by atoms with van der Waals surface area (Å²) in [5.74, 6) is 1.20. The fourth-order valence-corrected chi connectivity index (χ4v) is 4.08. The number of aliphatic hydroxyl groups is 1. The fourth-order valence-electron chi connectivity index (χ4n) is 4.08. The molecule has 1 heterocycles. The topological polar surface area (TPSA) is 106 Å². The number of nitrogens with one attached hydrogen (secondary N) is 1. The highest BCUT2D eigenvalue weighted by Crippen LogP contribution is 2.34. The van der Waals surface area contributed by atoms with Crippen molar-refractivity contribution in [3.05, 3.63) is 41.0 Å². The lowest BCUT2D eigenvalue weighted by Gasteiger charge is -2.12. The average molecular weight is 392 g/mol. The van der Waals surface area contributed by atoms with Crippen molar-refractivity contribution in [2.45, 2.75) is 56.6 Å². The van der Waals surface area contributed by atoms with Gasteiger partial charge >= 0.3 is 0 Å². The number of carbonyl (C=O) groups is 1. The van der Waals surface area contributed by atoms with Gasteiger partial charge < -0.3 is 16.2 Å². The van der Waals surface area contributed by atoms with Gasteiger partial charge in [-0.25, -0.2) is 9.67 Å². The first-order valence-corrected chi connectivity index (χ1v) is 9.27. The second-order valence-electron chi connectivity index (χ2n) is 7.35. The Morgan fingerprint density at radius 1 is 1.33 bits per heavy atom. The van der Waals surface area contributed by atoms with Crippen LogP contribution >= 0.6 is 12.4 Å². The monoisotopic (exact) mass is 391 g/mol. The number of nitrogens with zero attached hydrogens (tertiary/aromatic N) is 3. The van der Waals surface area contributed by atoms with E-state index >= 15 is 0 Å². The van der Waals surface area contributed by atoms with Crippen molar-refractivity contribution in [3.8, 4) is 5.69 Å². The lowest BCUT2D eigenvalue weighted by atomic mass is 10.1. The van der Waals surface area contributed by atoms with E-state index in [1.54, 1.807) is 7.05 Å². The van der Waals surface area contributed by atoms with Crippen LogP contribution in [0.15, 0.2) is 18.2 Å². The van der Waals surface area contributed by atoms with Crippen molar-refractivity contribution < 1.29 is 9.90 Å². The van der Waals surface area contributed by atoms with Crippen LogP contribution in [0, 0.1) is 0 Å². The summed E-state index contributed by atoms with van der Waals surface area (Å²) >= 11 is 0. The third-order valence-corrected chi connectivity index (χ3v) is 5.54. The molecule has 1 fully saturated rings. The smallest absolute Gasteiger partial charge is 0.227 e. The van der Waals surface area contributed by atoms with Crippen molar-refractivity contribution in [1.29, 1.82) is 0 Å². The van der Waals surface area contributed by atoms with Gasteiger partial charge in [-0.2, -0.15) is 5.10 Å². The minimum absolute atomic E-state index is 0. The summed E-state index contributed by atoms with van der Waals surface area (Å²) in [6.45, 7) is 0. The van der Waals surface area contributed by atoms with Crippen molar-refractivity contribution in [2.24, 2.45) is 5.73 Å². The Bertz CT molecular complexity index is 828. The van der Waals surface area contributed by atoms with Gasteiger partial charge in [0, 0.05) is 19.0 Å². The van der Waals surface area contributed by atoms with Crippen LogP contribution in [0.3, 0.4) is 0 Å². The first kappa shape index (κ1) is 19.8. The Morgan fingerprint density at radius 3 is 2.81 bits per heavy atom. The number of benzene rings is 1. The Balaban J connectivity index is 0.00000210.